The van der Waals surface area contributed by atoms with E-state index >= 15 is 0 Å². The molecule has 1 amide bonds. The molecule has 2 rings (SSSR count). The Morgan fingerprint density at radius 2 is 1.34 bits per heavy atom. The molecule has 0 unspecified atom stereocenters. The Bertz CT molecular complexity index is 791. The van der Waals surface area contributed by atoms with Gasteiger partial charge in [0.15, 0.2) is 0 Å². The average molecular weight is 447 g/mol. The number of carbonyl (C=O) groups excluding carboxylic acids is 1. The van der Waals surface area contributed by atoms with E-state index in [-0.39, 0.29) is 16.9 Å². The Kier molecular flexibility index (Phi) is 5.34. The number of benzene rings is 1. The van der Waals surface area contributed by atoms with Gasteiger partial charge in [0.1, 0.15) is 0 Å². The Morgan fingerprint density at radius 1 is 0.828 bits per heavy atom. The van der Waals surface area contributed by atoms with E-state index < -0.39 is 54.2 Å². The third-order valence-electron chi connectivity index (χ3n) is 4.28. The molecule has 0 atom stereocenters. The molecular formula is C15H9F12NO. The largest absolute Gasteiger partial charge is 0.393 e. The summed E-state index contributed by atoms with van der Waals surface area (Å²) in [6, 6.07) is 4.75. The summed E-state index contributed by atoms with van der Waals surface area (Å²) in [6.07, 6.45) is -5.77. The van der Waals surface area contributed by atoms with Crippen molar-refractivity contribution in [2.45, 2.75) is 42.5 Å². The van der Waals surface area contributed by atoms with E-state index in [1.54, 1.807) is 0 Å². The second-order valence-corrected chi connectivity index (χ2v) is 6.06. The number of halogens is 12. The smallest absolute Gasteiger partial charge is 0.306 e. The molecule has 0 saturated carbocycles. The van der Waals surface area contributed by atoms with E-state index in [2.05, 4.69) is 0 Å². The molecule has 1 aromatic rings. The van der Waals surface area contributed by atoms with Crippen LogP contribution < -0.4 is 4.90 Å². The van der Waals surface area contributed by atoms with E-state index in [0.717, 1.165) is 12.1 Å². The van der Waals surface area contributed by atoms with Gasteiger partial charge >= 0.3 is 41.9 Å². The summed E-state index contributed by atoms with van der Waals surface area (Å²) >= 11 is 0. The predicted octanol–water partition coefficient (Wildman–Crippen LogP) is 5.02. The van der Waals surface area contributed by atoms with Crippen molar-refractivity contribution < 1.29 is 57.5 Å². The lowest BCUT2D eigenvalue weighted by Crippen LogP contribution is -2.71. The molecule has 1 aliphatic rings. The number of alkyl halides is 12. The average Bonchev–Trinajstić information content (AvgIpc) is 3.04. The molecule has 0 aliphatic carbocycles. The molecule has 0 spiro atoms. The first-order valence-electron chi connectivity index (χ1n) is 7.51. The SMILES string of the molecule is O=C(N1CCc2ccccc21)C(F)(F)C(F)(F)C(F)(F)C(F)(F)C(F)(F)C(F)F. The van der Waals surface area contributed by atoms with Crippen LogP contribution in [0.15, 0.2) is 24.3 Å². The molecule has 0 saturated heterocycles. The fraction of sp³-hybridized carbons (Fsp3) is 0.533. The second-order valence-electron chi connectivity index (χ2n) is 6.06. The predicted molar refractivity (Wildman–Crippen MR) is 73.2 cm³/mol. The molecule has 0 fully saturated rings. The summed E-state index contributed by atoms with van der Waals surface area (Å²) < 4.78 is 158. The molecule has 0 N–H and O–H groups in total. The number of nitrogens with zero attached hydrogens (tertiary/aromatic N) is 1. The molecule has 0 aromatic heterocycles. The first kappa shape index (κ1) is 23.1. The number of anilines is 1. The fourth-order valence-corrected chi connectivity index (χ4v) is 2.59. The van der Waals surface area contributed by atoms with Crippen LogP contribution in [0.25, 0.3) is 0 Å². The number of rotatable bonds is 6. The van der Waals surface area contributed by atoms with Gasteiger partial charge in [0.2, 0.25) is 0 Å². The van der Waals surface area contributed by atoms with Gasteiger partial charge in [0.25, 0.3) is 0 Å². The van der Waals surface area contributed by atoms with Crippen LogP contribution in [0.5, 0.6) is 0 Å². The van der Waals surface area contributed by atoms with Crippen LogP contribution in [0, 0.1) is 0 Å². The monoisotopic (exact) mass is 447 g/mol. The highest BCUT2D eigenvalue weighted by Gasteiger charge is 2.89. The number of amides is 1. The lowest BCUT2D eigenvalue weighted by atomic mass is 9.93. The fourth-order valence-electron chi connectivity index (χ4n) is 2.59. The summed E-state index contributed by atoms with van der Waals surface area (Å²) in [6.45, 7) is -0.723. The highest BCUT2D eigenvalue weighted by molar-refractivity contribution is 6.00. The maximum Gasteiger partial charge on any atom is 0.393 e. The molecule has 1 aliphatic heterocycles. The van der Waals surface area contributed by atoms with Crippen LogP contribution in [0.4, 0.5) is 58.4 Å². The van der Waals surface area contributed by atoms with E-state index in [1.807, 2.05) is 0 Å². The van der Waals surface area contributed by atoms with Crippen LogP contribution in [-0.4, -0.2) is 48.5 Å². The van der Waals surface area contributed by atoms with Gasteiger partial charge in [-0.25, -0.2) is 8.78 Å². The van der Waals surface area contributed by atoms with Gasteiger partial charge in [-0.2, -0.15) is 43.9 Å². The maximum absolute atomic E-state index is 14.0. The highest BCUT2D eigenvalue weighted by atomic mass is 19.4. The molecule has 14 heteroatoms. The first-order valence-corrected chi connectivity index (χ1v) is 7.51. The highest BCUT2D eigenvalue weighted by Crippen LogP contribution is 2.58. The van der Waals surface area contributed by atoms with Crippen LogP contribution in [0.1, 0.15) is 5.56 Å². The van der Waals surface area contributed by atoms with E-state index in [1.165, 1.54) is 12.1 Å². The topological polar surface area (TPSA) is 20.3 Å². The summed E-state index contributed by atoms with van der Waals surface area (Å²) in [5, 5.41) is 0. The van der Waals surface area contributed by atoms with E-state index in [9.17, 15) is 57.5 Å². The van der Waals surface area contributed by atoms with Gasteiger partial charge in [-0.1, -0.05) is 18.2 Å². The molecule has 164 valence electrons. The molecular weight excluding hydrogens is 438 g/mol. The number of fused-ring (bicyclic) bond motifs is 1. The molecule has 0 radical (unpaired) electrons. The van der Waals surface area contributed by atoms with Gasteiger partial charge in [-0.05, 0) is 18.1 Å². The van der Waals surface area contributed by atoms with Gasteiger partial charge in [0, 0.05) is 12.2 Å². The van der Waals surface area contributed by atoms with Crippen molar-refractivity contribution in [3.8, 4) is 0 Å². The lowest BCUT2D eigenvalue weighted by molar-refractivity contribution is -0.406. The van der Waals surface area contributed by atoms with Crippen LogP contribution in [-0.2, 0) is 11.2 Å². The Balaban J connectivity index is 2.48. The van der Waals surface area contributed by atoms with Crippen molar-refractivity contribution in [3.05, 3.63) is 29.8 Å². The number of para-hydroxylation sites is 1. The van der Waals surface area contributed by atoms with Gasteiger partial charge in [-0.3, -0.25) is 4.79 Å². The lowest BCUT2D eigenvalue weighted by Gasteiger charge is -2.39. The van der Waals surface area contributed by atoms with Crippen LogP contribution >= 0.6 is 0 Å². The zero-order valence-corrected chi connectivity index (χ0v) is 13.7. The van der Waals surface area contributed by atoms with Crippen molar-refractivity contribution in [1.29, 1.82) is 0 Å². The summed E-state index contributed by atoms with van der Waals surface area (Å²) in [4.78, 5) is 11.7. The van der Waals surface area contributed by atoms with E-state index in [4.69, 9.17) is 0 Å². The number of carbonyl (C=O) groups is 1. The minimum Gasteiger partial charge on any atom is -0.306 e. The minimum absolute atomic E-state index is 0.108. The molecule has 0 bridgehead atoms. The normalized spacial score (nSPS) is 16.4. The molecule has 1 heterocycles. The summed E-state index contributed by atoms with van der Waals surface area (Å²) in [5.41, 5.74) is -0.262. The molecule has 29 heavy (non-hydrogen) atoms. The van der Waals surface area contributed by atoms with Crippen molar-refractivity contribution in [2.75, 3.05) is 11.4 Å². The minimum atomic E-state index is -7.72. The van der Waals surface area contributed by atoms with Gasteiger partial charge < -0.3 is 4.90 Å². The Morgan fingerprint density at radius 3 is 1.86 bits per heavy atom. The van der Waals surface area contributed by atoms with Crippen molar-refractivity contribution >= 4 is 11.6 Å². The molecule has 2 nitrogen and oxygen atoms in total. The zero-order valence-electron chi connectivity index (χ0n) is 13.7. The Hall–Kier alpha value is -2.15. The third kappa shape index (κ3) is 3.01. The summed E-state index contributed by atoms with van der Waals surface area (Å²) in [5.74, 6) is -39.6. The zero-order chi connectivity index (χ0) is 22.6. The standard InChI is InChI=1S/C15H9F12NO/c16-9(17)11(18,19)13(22,23)15(26,27)14(24,25)12(20,21)10(29)28-6-5-7-3-1-2-4-8(7)28/h1-4,9H,5-6H2. The van der Waals surface area contributed by atoms with Crippen LogP contribution in [0.3, 0.4) is 0 Å². The third-order valence-corrected chi connectivity index (χ3v) is 4.28. The number of hydrogen-bond donors (Lipinski definition) is 0. The van der Waals surface area contributed by atoms with Crippen LogP contribution in [0.2, 0.25) is 0 Å². The van der Waals surface area contributed by atoms with Crippen molar-refractivity contribution in [1.82, 2.24) is 0 Å². The number of hydrogen-bond acceptors (Lipinski definition) is 1. The maximum atomic E-state index is 14.0. The van der Waals surface area contributed by atoms with Gasteiger partial charge in [0.05, 0.1) is 0 Å². The summed E-state index contributed by atoms with van der Waals surface area (Å²) in [7, 11) is 0. The van der Waals surface area contributed by atoms with Crippen molar-refractivity contribution in [2.24, 2.45) is 0 Å². The quantitative estimate of drug-likeness (QED) is 0.562. The van der Waals surface area contributed by atoms with Gasteiger partial charge in [-0.15, -0.1) is 0 Å². The molecule has 1 aromatic carbocycles. The van der Waals surface area contributed by atoms with E-state index in [0.29, 0.717) is 0 Å². The van der Waals surface area contributed by atoms with Crippen molar-refractivity contribution in [3.63, 3.8) is 0 Å². The second kappa shape index (κ2) is 6.69. The first-order chi connectivity index (χ1) is 12.9. The Labute approximate surface area is 154 Å².